The van der Waals surface area contributed by atoms with Gasteiger partial charge in [-0.15, -0.1) is 11.8 Å². The molecule has 4 heteroatoms. The Balaban J connectivity index is 2.11. The number of hydrogen-bond acceptors (Lipinski definition) is 4. The van der Waals surface area contributed by atoms with Crippen LogP contribution in [0.5, 0.6) is 11.5 Å². The highest BCUT2D eigenvalue weighted by molar-refractivity contribution is 7.98. The number of nitrogens with zero attached hydrogens (tertiary/aromatic N) is 2. The molecule has 76 valence electrons. The van der Waals surface area contributed by atoms with E-state index in [-0.39, 0.29) is 0 Å². The van der Waals surface area contributed by atoms with Gasteiger partial charge in [0.1, 0.15) is 11.5 Å². The fraction of sp³-hybridized carbons (Fsp3) is 0.0909. The van der Waals surface area contributed by atoms with Gasteiger partial charge in [0.05, 0.1) is 12.4 Å². The first-order valence-corrected chi connectivity index (χ1v) is 5.69. The van der Waals surface area contributed by atoms with E-state index in [1.807, 2.05) is 30.5 Å². The van der Waals surface area contributed by atoms with Gasteiger partial charge in [-0.3, -0.25) is 0 Å². The normalized spacial score (nSPS) is 9.93. The van der Waals surface area contributed by atoms with Gasteiger partial charge < -0.3 is 4.74 Å². The SMILES string of the molecule is CSc1ccc(Oc2ccnnc2)cc1. The molecule has 1 aromatic carbocycles. The van der Waals surface area contributed by atoms with Crippen LogP contribution in [-0.2, 0) is 0 Å². The molecule has 0 aliphatic rings. The lowest BCUT2D eigenvalue weighted by molar-refractivity contribution is 0.478. The van der Waals surface area contributed by atoms with Crippen LogP contribution in [0, 0.1) is 0 Å². The molecule has 0 unspecified atom stereocenters. The molecule has 2 rings (SSSR count). The third kappa shape index (κ3) is 2.70. The number of benzene rings is 1. The molecule has 2 aromatic rings. The summed E-state index contributed by atoms with van der Waals surface area (Å²) in [5, 5.41) is 7.42. The summed E-state index contributed by atoms with van der Waals surface area (Å²) in [5.41, 5.74) is 0. The number of thioether (sulfide) groups is 1. The average Bonchev–Trinajstić information content (AvgIpc) is 2.31. The number of rotatable bonds is 3. The molecule has 1 heterocycles. The molecular weight excluding hydrogens is 208 g/mol. The molecule has 0 aliphatic carbocycles. The Bertz CT molecular complexity index is 416. The minimum Gasteiger partial charge on any atom is -0.456 e. The van der Waals surface area contributed by atoms with Crippen molar-refractivity contribution in [1.29, 1.82) is 0 Å². The Labute approximate surface area is 92.5 Å². The summed E-state index contributed by atoms with van der Waals surface area (Å²) in [7, 11) is 0. The molecule has 0 spiro atoms. The van der Waals surface area contributed by atoms with Gasteiger partial charge in [0.25, 0.3) is 0 Å². The van der Waals surface area contributed by atoms with E-state index in [0.29, 0.717) is 5.75 Å². The van der Waals surface area contributed by atoms with E-state index in [1.165, 1.54) is 4.90 Å². The predicted molar refractivity (Wildman–Crippen MR) is 60.3 cm³/mol. The highest BCUT2D eigenvalue weighted by Gasteiger charge is 1.96. The Morgan fingerprint density at radius 1 is 1.00 bits per heavy atom. The maximum absolute atomic E-state index is 5.57. The molecular formula is C11H10N2OS. The van der Waals surface area contributed by atoms with Crippen LogP contribution in [0.1, 0.15) is 0 Å². The average molecular weight is 218 g/mol. The molecule has 0 aliphatic heterocycles. The Morgan fingerprint density at radius 2 is 1.80 bits per heavy atom. The van der Waals surface area contributed by atoms with Crippen molar-refractivity contribution in [2.75, 3.05) is 6.26 Å². The number of aromatic nitrogens is 2. The first kappa shape index (κ1) is 9.98. The van der Waals surface area contributed by atoms with E-state index in [1.54, 1.807) is 30.2 Å². The molecule has 15 heavy (non-hydrogen) atoms. The molecule has 0 amide bonds. The van der Waals surface area contributed by atoms with Crippen molar-refractivity contribution in [2.24, 2.45) is 0 Å². The van der Waals surface area contributed by atoms with Crippen LogP contribution in [-0.4, -0.2) is 16.5 Å². The van der Waals surface area contributed by atoms with Gasteiger partial charge >= 0.3 is 0 Å². The van der Waals surface area contributed by atoms with Crippen LogP contribution >= 0.6 is 11.8 Å². The lowest BCUT2D eigenvalue weighted by Gasteiger charge is -2.04. The Hall–Kier alpha value is -1.55. The van der Waals surface area contributed by atoms with E-state index in [0.717, 1.165) is 5.75 Å². The Morgan fingerprint density at radius 3 is 2.40 bits per heavy atom. The maximum Gasteiger partial charge on any atom is 0.149 e. The molecule has 0 N–H and O–H groups in total. The van der Waals surface area contributed by atoms with Crippen LogP contribution in [0.4, 0.5) is 0 Å². The third-order valence-electron chi connectivity index (χ3n) is 1.85. The predicted octanol–water partition coefficient (Wildman–Crippen LogP) is 2.99. The highest BCUT2D eigenvalue weighted by atomic mass is 32.2. The van der Waals surface area contributed by atoms with Gasteiger partial charge in [0.2, 0.25) is 0 Å². The summed E-state index contributed by atoms with van der Waals surface area (Å²) in [4.78, 5) is 1.22. The minimum atomic E-state index is 0.696. The third-order valence-corrected chi connectivity index (χ3v) is 2.60. The zero-order valence-corrected chi connectivity index (χ0v) is 9.07. The van der Waals surface area contributed by atoms with Crippen molar-refractivity contribution in [3.05, 3.63) is 42.7 Å². The van der Waals surface area contributed by atoms with Crippen LogP contribution in [0.15, 0.2) is 47.6 Å². The van der Waals surface area contributed by atoms with Crippen molar-refractivity contribution in [1.82, 2.24) is 10.2 Å². The second kappa shape index (κ2) is 4.79. The van der Waals surface area contributed by atoms with Crippen molar-refractivity contribution in [3.8, 4) is 11.5 Å². The van der Waals surface area contributed by atoms with Crippen molar-refractivity contribution in [2.45, 2.75) is 4.90 Å². The van der Waals surface area contributed by atoms with Crippen LogP contribution in [0.2, 0.25) is 0 Å². The summed E-state index contributed by atoms with van der Waals surface area (Å²) >= 11 is 1.71. The smallest absolute Gasteiger partial charge is 0.149 e. The minimum absolute atomic E-state index is 0.696. The van der Waals surface area contributed by atoms with E-state index in [4.69, 9.17) is 4.74 Å². The maximum atomic E-state index is 5.57. The van der Waals surface area contributed by atoms with Gasteiger partial charge in [-0.1, -0.05) is 0 Å². The van der Waals surface area contributed by atoms with Gasteiger partial charge in [0, 0.05) is 11.0 Å². The van der Waals surface area contributed by atoms with Gasteiger partial charge in [-0.2, -0.15) is 10.2 Å². The second-order valence-corrected chi connectivity index (χ2v) is 3.74. The standard InChI is InChI=1S/C11H10N2OS/c1-15-11-4-2-9(3-5-11)14-10-6-7-12-13-8-10/h2-8H,1H3. The molecule has 0 saturated carbocycles. The topological polar surface area (TPSA) is 35.0 Å². The largest absolute Gasteiger partial charge is 0.456 e. The molecule has 1 aromatic heterocycles. The fourth-order valence-corrected chi connectivity index (χ4v) is 1.53. The quantitative estimate of drug-likeness (QED) is 0.742. The van der Waals surface area contributed by atoms with Gasteiger partial charge in [-0.25, -0.2) is 0 Å². The first-order valence-electron chi connectivity index (χ1n) is 4.47. The number of hydrogen-bond donors (Lipinski definition) is 0. The summed E-state index contributed by atoms with van der Waals surface area (Å²) in [6, 6.07) is 9.69. The molecule has 0 saturated heterocycles. The van der Waals surface area contributed by atoms with E-state index in [2.05, 4.69) is 10.2 Å². The molecule has 0 radical (unpaired) electrons. The molecule has 3 nitrogen and oxygen atoms in total. The van der Waals surface area contributed by atoms with E-state index in [9.17, 15) is 0 Å². The van der Waals surface area contributed by atoms with Crippen molar-refractivity contribution >= 4 is 11.8 Å². The zero-order valence-electron chi connectivity index (χ0n) is 8.25. The summed E-state index contributed by atoms with van der Waals surface area (Å²) in [6.45, 7) is 0. The van der Waals surface area contributed by atoms with Gasteiger partial charge in [-0.05, 0) is 30.5 Å². The van der Waals surface area contributed by atoms with Gasteiger partial charge in [0.15, 0.2) is 0 Å². The lowest BCUT2D eigenvalue weighted by atomic mass is 10.3. The summed E-state index contributed by atoms with van der Waals surface area (Å²) in [6.07, 6.45) is 5.23. The highest BCUT2D eigenvalue weighted by Crippen LogP contribution is 2.23. The molecule has 0 atom stereocenters. The summed E-state index contributed by atoms with van der Waals surface area (Å²) < 4.78 is 5.57. The van der Waals surface area contributed by atoms with Crippen molar-refractivity contribution in [3.63, 3.8) is 0 Å². The first-order chi connectivity index (χ1) is 7.38. The van der Waals surface area contributed by atoms with Crippen LogP contribution in [0.3, 0.4) is 0 Å². The number of ether oxygens (including phenoxy) is 1. The van der Waals surface area contributed by atoms with E-state index >= 15 is 0 Å². The fourth-order valence-electron chi connectivity index (χ4n) is 1.12. The molecule has 0 fully saturated rings. The zero-order chi connectivity index (χ0) is 10.5. The summed E-state index contributed by atoms with van der Waals surface area (Å²) in [5.74, 6) is 1.50. The van der Waals surface area contributed by atoms with Crippen LogP contribution in [0.25, 0.3) is 0 Å². The molecule has 0 bridgehead atoms. The monoisotopic (exact) mass is 218 g/mol. The lowest BCUT2D eigenvalue weighted by Crippen LogP contribution is -1.85. The van der Waals surface area contributed by atoms with Crippen molar-refractivity contribution < 1.29 is 4.74 Å². The second-order valence-electron chi connectivity index (χ2n) is 2.86. The Kier molecular flexibility index (Phi) is 3.19. The van der Waals surface area contributed by atoms with E-state index < -0.39 is 0 Å². The van der Waals surface area contributed by atoms with Crippen LogP contribution < -0.4 is 4.74 Å².